The second-order valence-electron chi connectivity index (χ2n) is 5.69. The van der Waals surface area contributed by atoms with Gasteiger partial charge in [0.15, 0.2) is 0 Å². The molecule has 0 aromatic carbocycles. The van der Waals surface area contributed by atoms with Gasteiger partial charge in [0.05, 0.1) is 0 Å². The van der Waals surface area contributed by atoms with Gasteiger partial charge in [0.1, 0.15) is 5.76 Å². The molecule has 110 valence electrons. The normalized spacial score (nSPS) is 23.5. The van der Waals surface area contributed by atoms with Crippen molar-refractivity contribution in [3.05, 3.63) is 11.8 Å². The predicted molar refractivity (Wildman–Crippen MR) is 79.9 cm³/mol. The lowest BCUT2D eigenvalue weighted by Gasteiger charge is -2.07. The first kappa shape index (κ1) is 16.3. The average Bonchev–Trinajstić information content (AvgIpc) is 2.38. The molecule has 0 heterocycles. The first-order valence-corrected chi connectivity index (χ1v) is 8.16. The van der Waals surface area contributed by atoms with Crippen molar-refractivity contribution in [3.63, 3.8) is 0 Å². The molecule has 1 rings (SSSR count). The van der Waals surface area contributed by atoms with Crippen LogP contribution < -0.4 is 0 Å². The van der Waals surface area contributed by atoms with E-state index in [-0.39, 0.29) is 5.97 Å². The van der Waals surface area contributed by atoms with Gasteiger partial charge in [0.2, 0.25) is 0 Å². The summed E-state index contributed by atoms with van der Waals surface area (Å²) >= 11 is 0. The lowest BCUT2D eigenvalue weighted by molar-refractivity contribution is -0.137. The molecule has 2 nitrogen and oxygen atoms in total. The van der Waals surface area contributed by atoms with Crippen LogP contribution in [-0.4, -0.2) is 5.97 Å². The molecular formula is C17H30O2. The largest absolute Gasteiger partial charge is 0.432 e. The molecule has 0 spiro atoms. The lowest BCUT2D eigenvalue weighted by Crippen LogP contribution is -1.99. The number of allylic oxidation sites excluding steroid dienone is 2. The van der Waals surface area contributed by atoms with Gasteiger partial charge in [0.25, 0.3) is 0 Å². The first-order chi connectivity index (χ1) is 9.29. The van der Waals surface area contributed by atoms with Crippen LogP contribution in [-0.2, 0) is 9.53 Å². The molecule has 0 radical (unpaired) electrons. The number of ether oxygens (including phenoxy) is 1. The minimum absolute atomic E-state index is 0.177. The fraction of sp³-hybridized carbons (Fsp3) is 0.824. The number of hydrogen-bond donors (Lipinski definition) is 0. The second-order valence-corrected chi connectivity index (χ2v) is 5.69. The van der Waals surface area contributed by atoms with E-state index in [4.69, 9.17) is 4.74 Å². The Morgan fingerprint density at radius 1 is 0.842 bits per heavy atom. The molecule has 0 aromatic rings. The van der Waals surface area contributed by atoms with Crippen LogP contribution >= 0.6 is 0 Å². The van der Waals surface area contributed by atoms with Crippen molar-refractivity contribution in [2.45, 2.75) is 90.4 Å². The molecule has 0 aliphatic heterocycles. The zero-order valence-electron chi connectivity index (χ0n) is 12.6. The minimum atomic E-state index is -0.177. The molecule has 19 heavy (non-hydrogen) atoms. The summed E-state index contributed by atoms with van der Waals surface area (Å²) in [5.74, 6) is 0.728. The van der Waals surface area contributed by atoms with E-state index in [1.165, 1.54) is 71.1 Å². The summed E-state index contributed by atoms with van der Waals surface area (Å²) in [6.07, 6.45) is 18.7. The van der Waals surface area contributed by atoms with Crippen LogP contribution in [0, 0.1) is 0 Å². The van der Waals surface area contributed by atoms with E-state index in [1.807, 2.05) is 0 Å². The Kier molecular flexibility index (Phi) is 9.48. The summed E-state index contributed by atoms with van der Waals surface area (Å²) in [4.78, 5) is 11.1. The second kappa shape index (κ2) is 11.1. The van der Waals surface area contributed by atoms with Crippen molar-refractivity contribution in [2.75, 3.05) is 0 Å². The van der Waals surface area contributed by atoms with Gasteiger partial charge in [-0.25, -0.2) is 0 Å². The molecule has 0 fully saturated rings. The first-order valence-electron chi connectivity index (χ1n) is 8.16. The summed E-state index contributed by atoms with van der Waals surface area (Å²) in [6, 6.07) is 0. The van der Waals surface area contributed by atoms with Gasteiger partial charge in [-0.3, -0.25) is 4.79 Å². The molecule has 0 N–H and O–H groups in total. The third kappa shape index (κ3) is 9.75. The van der Waals surface area contributed by atoms with E-state index in [0.29, 0.717) is 0 Å². The van der Waals surface area contributed by atoms with Gasteiger partial charge in [-0.05, 0) is 25.3 Å². The summed E-state index contributed by atoms with van der Waals surface area (Å²) in [6.45, 7) is 1.50. The van der Waals surface area contributed by atoms with E-state index < -0.39 is 0 Å². The fourth-order valence-electron chi connectivity index (χ4n) is 2.68. The van der Waals surface area contributed by atoms with Crippen molar-refractivity contribution in [2.24, 2.45) is 0 Å². The molecule has 0 saturated carbocycles. The molecule has 0 bridgehead atoms. The highest BCUT2D eigenvalue weighted by molar-refractivity contribution is 5.67. The van der Waals surface area contributed by atoms with Gasteiger partial charge >= 0.3 is 5.97 Å². The van der Waals surface area contributed by atoms with E-state index in [2.05, 4.69) is 6.08 Å². The quantitative estimate of drug-likeness (QED) is 0.584. The monoisotopic (exact) mass is 266 g/mol. The van der Waals surface area contributed by atoms with Gasteiger partial charge in [-0.1, -0.05) is 57.8 Å². The van der Waals surface area contributed by atoms with Gasteiger partial charge in [-0.2, -0.15) is 0 Å². The van der Waals surface area contributed by atoms with Crippen LogP contribution in [0.1, 0.15) is 90.4 Å². The maximum Gasteiger partial charge on any atom is 0.307 e. The Morgan fingerprint density at radius 2 is 1.32 bits per heavy atom. The SMILES string of the molecule is CC(=O)O/C1=C\CCCCCCCCCCCCC1. The van der Waals surface area contributed by atoms with Gasteiger partial charge < -0.3 is 4.74 Å². The van der Waals surface area contributed by atoms with Crippen molar-refractivity contribution < 1.29 is 9.53 Å². The standard InChI is InChI=1S/C17H30O2/c1-16(18)19-17-14-12-10-8-6-4-2-3-5-7-9-11-13-15-17/h14H,2-13,15H2,1H3/b17-14-. The summed E-state index contributed by atoms with van der Waals surface area (Å²) in [5, 5.41) is 0. The van der Waals surface area contributed by atoms with Crippen molar-refractivity contribution in [1.29, 1.82) is 0 Å². The van der Waals surface area contributed by atoms with Crippen LogP contribution in [0.2, 0.25) is 0 Å². The number of carbonyl (C=O) groups is 1. The molecule has 0 atom stereocenters. The van der Waals surface area contributed by atoms with Gasteiger partial charge in [-0.15, -0.1) is 0 Å². The third-order valence-corrected chi connectivity index (χ3v) is 3.77. The molecule has 0 aromatic heterocycles. The molecular weight excluding hydrogens is 236 g/mol. The van der Waals surface area contributed by atoms with E-state index in [1.54, 1.807) is 0 Å². The predicted octanol–water partition coefficient (Wildman–Crippen LogP) is 5.52. The summed E-state index contributed by atoms with van der Waals surface area (Å²) < 4.78 is 5.30. The maximum atomic E-state index is 11.1. The minimum Gasteiger partial charge on any atom is -0.432 e. The van der Waals surface area contributed by atoms with E-state index in [9.17, 15) is 4.79 Å². The zero-order chi connectivity index (χ0) is 13.8. The zero-order valence-corrected chi connectivity index (χ0v) is 12.6. The van der Waals surface area contributed by atoms with Crippen molar-refractivity contribution >= 4 is 5.97 Å². The number of esters is 1. The van der Waals surface area contributed by atoms with Crippen LogP contribution in [0.15, 0.2) is 11.8 Å². The van der Waals surface area contributed by atoms with Crippen LogP contribution in [0.5, 0.6) is 0 Å². The molecule has 2 heteroatoms. The molecule has 0 amide bonds. The Labute approximate surface area is 118 Å². The summed E-state index contributed by atoms with van der Waals surface area (Å²) in [5.41, 5.74) is 0. The Hall–Kier alpha value is -0.790. The van der Waals surface area contributed by atoms with Gasteiger partial charge in [0, 0.05) is 13.3 Å². The maximum absolute atomic E-state index is 11.1. The van der Waals surface area contributed by atoms with Crippen LogP contribution in [0.3, 0.4) is 0 Å². The number of carbonyl (C=O) groups excluding carboxylic acids is 1. The average molecular weight is 266 g/mol. The topological polar surface area (TPSA) is 26.3 Å². The number of hydrogen-bond acceptors (Lipinski definition) is 2. The third-order valence-electron chi connectivity index (χ3n) is 3.77. The highest BCUT2D eigenvalue weighted by atomic mass is 16.5. The molecule has 0 unspecified atom stereocenters. The van der Waals surface area contributed by atoms with E-state index in [0.717, 1.165) is 25.0 Å². The molecule has 1 aliphatic carbocycles. The Balaban J connectivity index is 2.36. The fourth-order valence-corrected chi connectivity index (χ4v) is 2.68. The smallest absolute Gasteiger partial charge is 0.307 e. The van der Waals surface area contributed by atoms with Crippen LogP contribution in [0.25, 0.3) is 0 Å². The number of rotatable bonds is 1. The molecule has 0 saturated heterocycles. The highest BCUT2D eigenvalue weighted by Crippen LogP contribution is 2.17. The Bertz CT molecular complexity index is 268. The highest BCUT2D eigenvalue weighted by Gasteiger charge is 2.03. The lowest BCUT2D eigenvalue weighted by atomic mass is 10.1. The molecule has 1 aliphatic rings. The van der Waals surface area contributed by atoms with Crippen LogP contribution in [0.4, 0.5) is 0 Å². The van der Waals surface area contributed by atoms with E-state index >= 15 is 0 Å². The van der Waals surface area contributed by atoms with Crippen molar-refractivity contribution in [1.82, 2.24) is 0 Å². The summed E-state index contributed by atoms with van der Waals surface area (Å²) in [7, 11) is 0. The Morgan fingerprint density at radius 3 is 1.84 bits per heavy atom. The van der Waals surface area contributed by atoms with Crippen molar-refractivity contribution in [3.8, 4) is 0 Å².